The van der Waals surface area contributed by atoms with Crippen LogP contribution in [-0.2, 0) is 11.3 Å². The van der Waals surface area contributed by atoms with Crippen LogP contribution in [0.2, 0.25) is 0 Å². The average Bonchev–Trinajstić information content (AvgIpc) is 2.29. The molecule has 0 aromatic heterocycles. The van der Waals surface area contributed by atoms with E-state index in [2.05, 4.69) is 26.4 Å². The Balaban J connectivity index is 1.88. The van der Waals surface area contributed by atoms with Gasteiger partial charge in [-0.15, -0.1) is 0 Å². The molecule has 0 saturated carbocycles. The van der Waals surface area contributed by atoms with Gasteiger partial charge in [-0.1, -0.05) is 22.0 Å². The zero-order valence-electron chi connectivity index (χ0n) is 8.88. The van der Waals surface area contributed by atoms with Gasteiger partial charge in [0.1, 0.15) is 5.82 Å². The van der Waals surface area contributed by atoms with Crippen LogP contribution in [-0.4, -0.2) is 31.3 Å². The van der Waals surface area contributed by atoms with Gasteiger partial charge in [0.05, 0.1) is 13.2 Å². The molecule has 0 aliphatic carbocycles. The molecule has 1 N–H and O–H groups in total. The lowest BCUT2D eigenvalue weighted by atomic mass is 10.2. The van der Waals surface area contributed by atoms with Gasteiger partial charge < -0.3 is 4.74 Å². The lowest BCUT2D eigenvalue weighted by molar-refractivity contribution is 0.0104. The summed E-state index contributed by atoms with van der Waals surface area (Å²) in [6.45, 7) is 3.67. The molecule has 1 aromatic rings. The molecule has 3 nitrogen and oxygen atoms in total. The molecule has 16 heavy (non-hydrogen) atoms. The SMILES string of the molecule is Fc1cc(Br)ccc1CNN1CCOCC1. The fourth-order valence-electron chi connectivity index (χ4n) is 1.58. The molecule has 1 fully saturated rings. The maximum absolute atomic E-state index is 13.5. The second kappa shape index (κ2) is 5.72. The van der Waals surface area contributed by atoms with E-state index in [0.717, 1.165) is 30.8 Å². The van der Waals surface area contributed by atoms with Gasteiger partial charge in [-0.3, -0.25) is 5.43 Å². The second-order valence-corrected chi connectivity index (χ2v) is 4.59. The minimum absolute atomic E-state index is 0.185. The Kier molecular flexibility index (Phi) is 4.29. The van der Waals surface area contributed by atoms with Crippen LogP contribution in [0.1, 0.15) is 5.56 Å². The van der Waals surface area contributed by atoms with Crippen molar-refractivity contribution >= 4 is 15.9 Å². The van der Waals surface area contributed by atoms with Crippen molar-refractivity contribution in [1.29, 1.82) is 0 Å². The quantitative estimate of drug-likeness (QED) is 0.920. The van der Waals surface area contributed by atoms with Gasteiger partial charge in [0, 0.05) is 29.7 Å². The van der Waals surface area contributed by atoms with Crippen molar-refractivity contribution in [2.24, 2.45) is 0 Å². The monoisotopic (exact) mass is 288 g/mol. The number of rotatable bonds is 3. The first-order valence-electron chi connectivity index (χ1n) is 5.26. The van der Waals surface area contributed by atoms with Crippen LogP contribution in [0.5, 0.6) is 0 Å². The maximum atomic E-state index is 13.5. The predicted octanol–water partition coefficient (Wildman–Crippen LogP) is 1.92. The molecule has 1 aliphatic rings. The molecule has 1 saturated heterocycles. The third-order valence-electron chi connectivity index (χ3n) is 2.52. The van der Waals surface area contributed by atoms with Gasteiger partial charge in [-0.05, 0) is 12.1 Å². The standard InChI is InChI=1S/C11H14BrFN2O/c12-10-2-1-9(11(13)7-10)8-14-15-3-5-16-6-4-15/h1-2,7,14H,3-6,8H2. The van der Waals surface area contributed by atoms with E-state index in [1.54, 1.807) is 6.07 Å². The minimum atomic E-state index is -0.185. The fourth-order valence-corrected chi connectivity index (χ4v) is 1.92. The molecule has 2 rings (SSSR count). The first-order valence-corrected chi connectivity index (χ1v) is 6.05. The molecular weight excluding hydrogens is 275 g/mol. The Morgan fingerprint density at radius 1 is 1.38 bits per heavy atom. The van der Waals surface area contributed by atoms with Gasteiger partial charge >= 0.3 is 0 Å². The predicted molar refractivity (Wildman–Crippen MR) is 63.3 cm³/mol. The minimum Gasteiger partial charge on any atom is -0.379 e. The van der Waals surface area contributed by atoms with E-state index in [0.29, 0.717) is 12.1 Å². The summed E-state index contributed by atoms with van der Waals surface area (Å²) in [5.74, 6) is -0.185. The Hall–Kier alpha value is -0.490. The summed E-state index contributed by atoms with van der Waals surface area (Å²) in [4.78, 5) is 0. The highest BCUT2D eigenvalue weighted by atomic mass is 79.9. The number of benzene rings is 1. The molecule has 0 spiro atoms. The van der Waals surface area contributed by atoms with Gasteiger partial charge in [0.25, 0.3) is 0 Å². The molecule has 0 unspecified atom stereocenters. The molecule has 88 valence electrons. The topological polar surface area (TPSA) is 24.5 Å². The van der Waals surface area contributed by atoms with Crippen molar-refractivity contribution in [2.45, 2.75) is 6.54 Å². The molecule has 5 heteroatoms. The lowest BCUT2D eigenvalue weighted by Gasteiger charge is -2.27. The molecule has 1 aromatic carbocycles. The summed E-state index contributed by atoms with van der Waals surface area (Å²) in [5, 5.41) is 2.06. The van der Waals surface area contributed by atoms with Crippen LogP contribution < -0.4 is 5.43 Å². The van der Waals surface area contributed by atoms with Crippen LogP contribution in [0.3, 0.4) is 0 Å². The largest absolute Gasteiger partial charge is 0.379 e. The van der Waals surface area contributed by atoms with Crippen molar-refractivity contribution in [3.63, 3.8) is 0 Å². The highest BCUT2D eigenvalue weighted by Gasteiger charge is 2.10. The van der Waals surface area contributed by atoms with Crippen LogP contribution in [0.4, 0.5) is 4.39 Å². The van der Waals surface area contributed by atoms with Crippen LogP contribution >= 0.6 is 15.9 Å². The highest BCUT2D eigenvalue weighted by molar-refractivity contribution is 9.10. The fraction of sp³-hybridized carbons (Fsp3) is 0.455. The van der Waals surface area contributed by atoms with Gasteiger partial charge in [0.2, 0.25) is 0 Å². The first-order chi connectivity index (χ1) is 7.75. The highest BCUT2D eigenvalue weighted by Crippen LogP contribution is 2.15. The maximum Gasteiger partial charge on any atom is 0.128 e. The van der Waals surface area contributed by atoms with Crippen LogP contribution in [0, 0.1) is 5.82 Å². The summed E-state index contributed by atoms with van der Waals surface area (Å²) < 4.78 is 19.5. The van der Waals surface area contributed by atoms with E-state index in [1.165, 1.54) is 6.07 Å². The number of halogens is 2. The molecule has 1 heterocycles. The van der Waals surface area contributed by atoms with Crippen molar-refractivity contribution < 1.29 is 9.13 Å². The molecule has 0 bridgehead atoms. The summed E-state index contributed by atoms with van der Waals surface area (Å²) in [6, 6.07) is 5.11. The normalized spacial score (nSPS) is 17.6. The van der Waals surface area contributed by atoms with E-state index in [4.69, 9.17) is 4.74 Å². The van der Waals surface area contributed by atoms with Crippen molar-refractivity contribution in [3.8, 4) is 0 Å². The lowest BCUT2D eigenvalue weighted by Crippen LogP contribution is -2.45. The average molecular weight is 289 g/mol. The number of nitrogens with one attached hydrogen (secondary N) is 1. The van der Waals surface area contributed by atoms with E-state index >= 15 is 0 Å². The van der Waals surface area contributed by atoms with Crippen LogP contribution in [0.25, 0.3) is 0 Å². The van der Waals surface area contributed by atoms with Gasteiger partial charge in [-0.25, -0.2) is 9.40 Å². The summed E-state index contributed by atoms with van der Waals surface area (Å²) in [5.41, 5.74) is 3.87. The van der Waals surface area contributed by atoms with Crippen molar-refractivity contribution in [3.05, 3.63) is 34.1 Å². The van der Waals surface area contributed by atoms with E-state index in [-0.39, 0.29) is 5.82 Å². The third-order valence-corrected chi connectivity index (χ3v) is 3.01. The van der Waals surface area contributed by atoms with Crippen LogP contribution in [0.15, 0.2) is 22.7 Å². The number of nitrogens with zero attached hydrogens (tertiary/aromatic N) is 1. The van der Waals surface area contributed by atoms with E-state index in [9.17, 15) is 4.39 Å². The van der Waals surface area contributed by atoms with E-state index < -0.39 is 0 Å². The number of ether oxygens (including phenoxy) is 1. The molecular formula is C11H14BrFN2O. The number of morpholine rings is 1. The zero-order chi connectivity index (χ0) is 11.4. The Morgan fingerprint density at radius 3 is 2.81 bits per heavy atom. The van der Waals surface area contributed by atoms with Crippen molar-refractivity contribution in [2.75, 3.05) is 26.3 Å². The number of hydrogen-bond donors (Lipinski definition) is 1. The third kappa shape index (κ3) is 3.25. The Bertz CT molecular complexity index is 356. The molecule has 1 aliphatic heterocycles. The molecule has 0 atom stereocenters. The first kappa shape index (κ1) is 12.0. The van der Waals surface area contributed by atoms with E-state index in [1.807, 2.05) is 6.07 Å². The van der Waals surface area contributed by atoms with Gasteiger partial charge in [-0.2, -0.15) is 0 Å². The number of hydrazine groups is 1. The smallest absolute Gasteiger partial charge is 0.128 e. The van der Waals surface area contributed by atoms with Crippen molar-refractivity contribution in [1.82, 2.24) is 10.4 Å². The Morgan fingerprint density at radius 2 is 2.12 bits per heavy atom. The molecule has 0 amide bonds. The Labute approximate surface area is 103 Å². The number of hydrogen-bond acceptors (Lipinski definition) is 3. The second-order valence-electron chi connectivity index (χ2n) is 3.67. The zero-order valence-corrected chi connectivity index (χ0v) is 10.5. The summed E-state index contributed by atoms with van der Waals surface area (Å²) >= 11 is 3.24. The summed E-state index contributed by atoms with van der Waals surface area (Å²) in [7, 11) is 0. The molecule has 0 radical (unpaired) electrons. The summed E-state index contributed by atoms with van der Waals surface area (Å²) in [6.07, 6.45) is 0. The van der Waals surface area contributed by atoms with Gasteiger partial charge in [0.15, 0.2) is 0 Å².